The van der Waals surface area contributed by atoms with Crippen molar-refractivity contribution in [1.82, 2.24) is 10.2 Å². The monoisotopic (exact) mass is 414 g/mol. The van der Waals surface area contributed by atoms with Crippen LogP contribution in [-0.2, 0) is 11.8 Å². The molecule has 2 aliphatic heterocycles. The van der Waals surface area contributed by atoms with Crippen LogP contribution in [-0.4, -0.2) is 43.1 Å². The summed E-state index contributed by atoms with van der Waals surface area (Å²) in [6.07, 6.45) is 5.98. The number of nitrogens with zero attached hydrogens (tertiary/aromatic N) is 1. The van der Waals surface area contributed by atoms with Crippen molar-refractivity contribution in [3.8, 4) is 5.75 Å². The summed E-state index contributed by atoms with van der Waals surface area (Å²) in [5.41, 5.74) is 4.42. The van der Waals surface area contributed by atoms with Crippen LogP contribution in [0.4, 0.5) is 0 Å². The minimum absolute atomic E-state index is 0.185. The van der Waals surface area contributed by atoms with Gasteiger partial charge >= 0.3 is 0 Å². The number of carbonyl (C=O) groups is 1. The third-order valence-corrected chi connectivity index (χ3v) is 9.80. The number of hydrogen-bond donors (Lipinski definition) is 1. The summed E-state index contributed by atoms with van der Waals surface area (Å²) in [6.45, 7) is 2.02. The molecule has 7 rings (SSSR count). The Bertz CT molecular complexity index is 1070. The molecule has 0 spiro atoms. The van der Waals surface area contributed by atoms with Crippen molar-refractivity contribution in [2.45, 2.75) is 49.6 Å². The molecule has 5 aliphatic rings. The number of carbonyl (C=O) groups excluding carboxylic acids is 1. The van der Waals surface area contributed by atoms with E-state index in [0.717, 1.165) is 37.2 Å². The van der Waals surface area contributed by atoms with Crippen molar-refractivity contribution in [2.75, 3.05) is 20.2 Å². The largest absolute Gasteiger partial charge is 0.497 e. The molecular formula is C27H30N2O2. The third kappa shape index (κ3) is 2.08. The average Bonchev–Trinajstić information content (AvgIpc) is 3.25. The fourth-order valence-corrected chi connectivity index (χ4v) is 8.99. The fourth-order valence-electron chi connectivity index (χ4n) is 8.99. The molecule has 2 saturated carbocycles. The number of methoxy groups -OCH3 is 1. The van der Waals surface area contributed by atoms with Gasteiger partial charge in [0.05, 0.1) is 7.11 Å². The second-order valence-corrected chi connectivity index (χ2v) is 10.5. The predicted octanol–water partition coefficient (Wildman–Crippen LogP) is 3.79. The SMILES string of the molecule is COc1ccc2c(c1)[C@]13CCN[C@H](C2)[C@]12CC[C@@H]1[C@H]3[C@@H](CN1C(=O)c1ccccc1)C2. The summed E-state index contributed by atoms with van der Waals surface area (Å²) in [5, 5.41) is 3.94. The zero-order valence-corrected chi connectivity index (χ0v) is 18.1. The van der Waals surface area contributed by atoms with E-state index < -0.39 is 0 Å². The van der Waals surface area contributed by atoms with Gasteiger partial charge in [-0.2, -0.15) is 0 Å². The number of fused-ring (bicyclic) bond motifs is 1. The van der Waals surface area contributed by atoms with E-state index in [1.807, 2.05) is 30.3 Å². The first-order valence-electron chi connectivity index (χ1n) is 11.9. The van der Waals surface area contributed by atoms with Crippen molar-refractivity contribution >= 4 is 5.91 Å². The van der Waals surface area contributed by atoms with Crippen LogP contribution in [0.3, 0.4) is 0 Å². The molecule has 4 bridgehead atoms. The number of ether oxygens (including phenoxy) is 1. The first-order chi connectivity index (χ1) is 15.2. The summed E-state index contributed by atoms with van der Waals surface area (Å²) < 4.78 is 5.69. The van der Waals surface area contributed by atoms with Gasteiger partial charge in [-0.15, -0.1) is 0 Å². The molecule has 0 radical (unpaired) electrons. The topological polar surface area (TPSA) is 41.6 Å². The highest BCUT2D eigenvalue weighted by atomic mass is 16.5. The predicted molar refractivity (Wildman–Crippen MR) is 119 cm³/mol. The number of piperidine rings is 1. The van der Waals surface area contributed by atoms with Gasteiger partial charge in [0.1, 0.15) is 5.75 Å². The fraction of sp³-hybridized carbons (Fsp3) is 0.519. The Morgan fingerprint density at radius 1 is 1.16 bits per heavy atom. The first kappa shape index (κ1) is 18.3. The summed E-state index contributed by atoms with van der Waals surface area (Å²) >= 11 is 0. The van der Waals surface area contributed by atoms with Gasteiger partial charge in [0.2, 0.25) is 0 Å². The minimum Gasteiger partial charge on any atom is -0.497 e. The van der Waals surface area contributed by atoms with Gasteiger partial charge in [0.25, 0.3) is 5.91 Å². The summed E-state index contributed by atoms with van der Waals surface area (Å²) in [5.74, 6) is 2.40. The molecule has 2 saturated heterocycles. The molecule has 2 aromatic rings. The molecule has 2 heterocycles. The van der Waals surface area contributed by atoms with E-state index in [1.54, 1.807) is 12.7 Å². The van der Waals surface area contributed by atoms with Crippen molar-refractivity contribution in [1.29, 1.82) is 0 Å². The van der Waals surface area contributed by atoms with E-state index in [9.17, 15) is 4.79 Å². The Morgan fingerprint density at radius 2 is 2.03 bits per heavy atom. The minimum atomic E-state index is 0.185. The number of hydrogen-bond acceptors (Lipinski definition) is 3. The quantitative estimate of drug-likeness (QED) is 0.813. The number of benzene rings is 2. The van der Waals surface area contributed by atoms with E-state index in [4.69, 9.17) is 4.74 Å². The zero-order chi connectivity index (χ0) is 20.8. The standard InChI is InChI=1S/C27H30N2O2/c1-31-20-8-7-18-13-23-26-10-9-22-24(27(26,11-12-28-23)21(18)14-20)19(15-26)16-29(22)25(30)17-5-3-2-4-6-17/h2-8,14,19,22-24,28H,9-13,15-16H2,1H3/t19-,22-,23-,24-,26-,27+/m1/s1. The molecule has 160 valence electrons. The molecular weight excluding hydrogens is 384 g/mol. The Morgan fingerprint density at radius 3 is 2.87 bits per heavy atom. The molecule has 4 nitrogen and oxygen atoms in total. The molecule has 0 aromatic heterocycles. The van der Waals surface area contributed by atoms with Gasteiger partial charge < -0.3 is 15.0 Å². The molecule has 1 amide bonds. The lowest BCUT2D eigenvalue weighted by atomic mass is 9.44. The Balaban J connectivity index is 1.37. The van der Waals surface area contributed by atoms with Crippen LogP contribution in [0.5, 0.6) is 5.75 Å². The summed E-state index contributed by atoms with van der Waals surface area (Å²) in [4.78, 5) is 15.8. The van der Waals surface area contributed by atoms with E-state index in [2.05, 4.69) is 28.4 Å². The van der Waals surface area contributed by atoms with Gasteiger partial charge in [0, 0.05) is 29.6 Å². The molecule has 2 aromatic carbocycles. The van der Waals surface area contributed by atoms with Crippen LogP contribution in [0, 0.1) is 17.3 Å². The van der Waals surface area contributed by atoms with Crippen molar-refractivity contribution in [3.05, 3.63) is 65.2 Å². The maximum Gasteiger partial charge on any atom is 0.254 e. The second kappa shape index (κ2) is 6.13. The maximum absolute atomic E-state index is 13.5. The molecule has 31 heavy (non-hydrogen) atoms. The van der Waals surface area contributed by atoms with E-state index >= 15 is 0 Å². The van der Waals surface area contributed by atoms with Crippen LogP contribution < -0.4 is 10.1 Å². The van der Waals surface area contributed by atoms with Gasteiger partial charge in [-0.3, -0.25) is 4.79 Å². The van der Waals surface area contributed by atoms with Crippen LogP contribution in [0.25, 0.3) is 0 Å². The molecule has 4 heteroatoms. The maximum atomic E-state index is 13.5. The Hall–Kier alpha value is -2.33. The lowest BCUT2D eigenvalue weighted by Crippen LogP contribution is -2.69. The van der Waals surface area contributed by atoms with E-state index in [-0.39, 0.29) is 11.3 Å². The first-order valence-corrected chi connectivity index (χ1v) is 11.9. The smallest absolute Gasteiger partial charge is 0.254 e. The zero-order valence-electron chi connectivity index (χ0n) is 18.1. The lowest BCUT2D eigenvalue weighted by Gasteiger charge is -2.64. The number of likely N-dealkylation sites (tertiary alicyclic amines) is 1. The van der Waals surface area contributed by atoms with Gasteiger partial charge in [-0.25, -0.2) is 0 Å². The highest BCUT2D eigenvalue weighted by Gasteiger charge is 2.75. The van der Waals surface area contributed by atoms with Gasteiger partial charge in [0.15, 0.2) is 0 Å². The van der Waals surface area contributed by atoms with Gasteiger partial charge in [-0.05, 0) is 91.3 Å². The summed E-state index contributed by atoms with van der Waals surface area (Å²) in [6, 6.07) is 17.6. The number of nitrogens with one attached hydrogen (secondary N) is 1. The molecule has 1 N–H and O–H groups in total. The van der Waals surface area contributed by atoms with Crippen LogP contribution in [0.2, 0.25) is 0 Å². The summed E-state index contributed by atoms with van der Waals surface area (Å²) in [7, 11) is 1.78. The molecule has 6 atom stereocenters. The molecule has 4 fully saturated rings. The number of rotatable bonds is 2. The van der Waals surface area contributed by atoms with Gasteiger partial charge in [-0.1, -0.05) is 24.3 Å². The number of amides is 1. The van der Waals surface area contributed by atoms with E-state index in [0.29, 0.717) is 29.3 Å². The van der Waals surface area contributed by atoms with Crippen LogP contribution in [0.1, 0.15) is 47.2 Å². The molecule has 3 aliphatic carbocycles. The lowest BCUT2D eigenvalue weighted by molar-refractivity contribution is -0.0447. The van der Waals surface area contributed by atoms with Crippen LogP contribution >= 0.6 is 0 Å². The normalized spacial score (nSPS) is 39.1. The molecule has 0 unspecified atom stereocenters. The highest BCUT2D eigenvalue weighted by Crippen LogP contribution is 2.74. The Labute approximate surface area is 184 Å². The van der Waals surface area contributed by atoms with E-state index in [1.165, 1.54) is 24.8 Å². The highest BCUT2D eigenvalue weighted by molar-refractivity contribution is 5.94. The van der Waals surface area contributed by atoms with Crippen molar-refractivity contribution in [3.63, 3.8) is 0 Å². The van der Waals surface area contributed by atoms with Crippen molar-refractivity contribution in [2.24, 2.45) is 17.3 Å². The van der Waals surface area contributed by atoms with Crippen LogP contribution in [0.15, 0.2) is 48.5 Å². The average molecular weight is 415 g/mol. The second-order valence-electron chi connectivity index (χ2n) is 10.5. The Kier molecular flexibility index (Phi) is 3.61. The third-order valence-electron chi connectivity index (χ3n) is 9.80. The van der Waals surface area contributed by atoms with Crippen molar-refractivity contribution < 1.29 is 9.53 Å².